The first-order valence-electron chi connectivity index (χ1n) is 4.75. The predicted molar refractivity (Wildman–Crippen MR) is 58.9 cm³/mol. The third kappa shape index (κ3) is 4.74. The SMILES string of the molecule is Cc1cc(N)ccc1S(=O)CCOC(F)(F)F. The molecule has 17 heavy (non-hydrogen) atoms. The van der Waals surface area contributed by atoms with Crippen molar-refractivity contribution >= 4 is 16.5 Å². The highest BCUT2D eigenvalue weighted by Crippen LogP contribution is 2.18. The zero-order valence-electron chi connectivity index (χ0n) is 9.08. The van der Waals surface area contributed by atoms with Crippen molar-refractivity contribution in [1.29, 1.82) is 0 Å². The molecule has 1 aromatic carbocycles. The minimum Gasteiger partial charge on any atom is -0.399 e. The number of nitrogen functional groups attached to an aromatic ring is 1. The molecule has 0 aliphatic rings. The monoisotopic (exact) mass is 267 g/mol. The summed E-state index contributed by atoms with van der Waals surface area (Å²) in [5.74, 6) is -0.204. The van der Waals surface area contributed by atoms with Gasteiger partial charge in [0.1, 0.15) is 0 Å². The van der Waals surface area contributed by atoms with Crippen LogP contribution in [0.15, 0.2) is 23.1 Å². The average Bonchev–Trinajstić information content (AvgIpc) is 2.15. The third-order valence-corrected chi connectivity index (χ3v) is 3.46. The minimum atomic E-state index is -4.68. The second-order valence-electron chi connectivity index (χ2n) is 3.37. The van der Waals surface area contributed by atoms with Gasteiger partial charge in [-0.3, -0.25) is 8.95 Å². The quantitative estimate of drug-likeness (QED) is 0.851. The summed E-state index contributed by atoms with van der Waals surface area (Å²) in [5.41, 5.74) is 6.73. The summed E-state index contributed by atoms with van der Waals surface area (Å²) < 4.78 is 50.4. The Morgan fingerprint density at radius 2 is 2.06 bits per heavy atom. The molecule has 1 unspecified atom stereocenters. The van der Waals surface area contributed by atoms with Crippen LogP contribution in [-0.2, 0) is 15.5 Å². The van der Waals surface area contributed by atoms with Crippen LogP contribution in [0, 0.1) is 6.92 Å². The lowest BCUT2D eigenvalue weighted by Crippen LogP contribution is -2.18. The molecule has 7 heteroatoms. The lowest BCUT2D eigenvalue weighted by molar-refractivity contribution is -0.322. The number of alkyl halides is 3. The Morgan fingerprint density at radius 1 is 1.41 bits per heavy atom. The lowest BCUT2D eigenvalue weighted by atomic mass is 10.2. The zero-order chi connectivity index (χ0) is 13.1. The Morgan fingerprint density at radius 3 is 2.59 bits per heavy atom. The van der Waals surface area contributed by atoms with E-state index in [1.54, 1.807) is 25.1 Å². The fourth-order valence-corrected chi connectivity index (χ4v) is 2.36. The van der Waals surface area contributed by atoms with Crippen molar-refractivity contribution in [2.24, 2.45) is 0 Å². The summed E-state index contributed by atoms with van der Waals surface area (Å²) in [5, 5.41) is 0. The summed E-state index contributed by atoms with van der Waals surface area (Å²) in [6.45, 7) is 1.08. The first kappa shape index (κ1) is 14.0. The van der Waals surface area contributed by atoms with Gasteiger partial charge in [-0.2, -0.15) is 0 Å². The highest BCUT2D eigenvalue weighted by molar-refractivity contribution is 7.85. The van der Waals surface area contributed by atoms with E-state index in [-0.39, 0.29) is 5.75 Å². The zero-order valence-corrected chi connectivity index (χ0v) is 9.90. The first-order valence-corrected chi connectivity index (χ1v) is 6.06. The van der Waals surface area contributed by atoms with E-state index in [2.05, 4.69) is 4.74 Å². The highest BCUT2D eigenvalue weighted by atomic mass is 32.2. The Bertz CT molecular complexity index is 421. The number of hydrogen-bond donors (Lipinski definition) is 1. The molecule has 0 saturated heterocycles. The van der Waals surface area contributed by atoms with Crippen LogP contribution in [0.2, 0.25) is 0 Å². The molecular weight excluding hydrogens is 255 g/mol. The molecular formula is C10H12F3NO2S. The number of anilines is 1. The number of hydrogen-bond acceptors (Lipinski definition) is 3. The molecule has 1 rings (SSSR count). The molecule has 0 spiro atoms. The maximum atomic E-state index is 11.7. The van der Waals surface area contributed by atoms with Gasteiger partial charge in [0.15, 0.2) is 0 Å². The van der Waals surface area contributed by atoms with Gasteiger partial charge >= 0.3 is 6.36 Å². The predicted octanol–water partition coefficient (Wildman–Crippen LogP) is 2.22. The maximum absolute atomic E-state index is 11.7. The smallest absolute Gasteiger partial charge is 0.399 e. The average molecular weight is 267 g/mol. The van der Waals surface area contributed by atoms with Gasteiger partial charge in [0.25, 0.3) is 0 Å². The number of rotatable bonds is 4. The molecule has 0 aliphatic carbocycles. The topological polar surface area (TPSA) is 52.3 Å². The van der Waals surface area contributed by atoms with Crippen molar-refractivity contribution in [3.8, 4) is 0 Å². The lowest BCUT2D eigenvalue weighted by Gasteiger charge is -2.09. The molecule has 1 atom stereocenters. The fourth-order valence-electron chi connectivity index (χ4n) is 1.27. The summed E-state index contributed by atoms with van der Waals surface area (Å²) in [7, 11) is -1.52. The first-order chi connectivity index (χ1) is 7.79. The molecule has 0 amide bonds. The van der Waals surface area contributed by atoms with Crippen LogP contribution in [0.1, 0.15) is 5.56 Å². The second-order valence-corrected chi connectivity index (χ2v) is 4.91. The molecule has 1 aromatic rings. The van der Waals surface area contributed by atoms with Gasteiger partial charge in [-0.15, -0.1) is 13.2 Å². The normalized spacial score (nSPS) is 13.6. The van der Waals surface area contributed by atoms with Gasteiger partial charge in [0, 0.05) is 10.6 Å². The molecule has 0 bridgehead atoms. The van der Waals surface area contributed by atoms with E-state index in [1.165, 1.54) is 0 Å². The van der Waals surface area contributed by atoms with E-state index < -0.39 is 23.8 Å². The van der Waals surface area contributed by atoms with Gasteiger partial charge in [0.2, 0.25) is 0 Å². The number of nitrogens with two attached hydrogens (primary N) is 1. The van der Waals surface area contributed by atoms with E-state index in [1.807, 2.05) is 0 Å². The maximum Gasteiger partial charge on any atom is 0.522 e. The van der Waals surface area contributed by atoms with Crippen molar-refractivity contribution in [2.75, 3.05) is 18.1 Å². The van der Waals surface area contributed by atoms with E-state index in [4.69, 9.17) is 5.73 Å². The van der Waals surface area contributed by atoms with Crippen LogP contribution in [0.4, 0.5) is 18.9 Å². The van der Waals surface area contributed by atoms with Crippen LogP contribution < -0.4 is 5.73 Å². The van der Waals surface area contributed by atoms with Crippen molar-refractivity contribution < 1.29 is 22.1 Å². The Balaban J connectivity index is 2.59. The van der Waals surface area contributed by atoms with Crippen LogP contribution in [0.3, 0.4) is 0 Å². The van der Waals surface area contributed by atoms with Gasteiger partial charge < -0.3 is 5.73 Å². The summed E-state index contributed by atoms with van der Waals surface area (Å²) in [6.07, 6.45) is -4.68. The Labute approximate surface area is 99.2 Å². The summed E-state index contributed by atoms with van der Waals surface area (Å²) in [4.78, 5) is 0.477. The third-order valence-electron chi connectivity index (χ3n) is 1.98. The van der Waals surface area contributed by atoms with Crippen molar-refractivity contribution in [2.45, 2.75) is 18.2 Å². The van der Waals surface area contributed by atoms with Crippen molar-refractivity contribution in [1.82, 2.24) is 0 Å². The standard InChI is InChI=1S/C10H12F3NO2S/c1-7-6-8(14)2-3-9(7)17(15)5-4-16-10(11,12)13/h2-3,6H,4-5,14H2,1H3. The second kappa shape index (κ2) is 5.50. The van der Waals surface area contributed by atoms with Crippen LogP contribution in [0.25, 0.3) is 0 Å². The molecule has 0 saturated carbocycles. The largest absolute Gasteiger partial charge is 0.522 e. The van der Waals surface area contributed by atoms with E-state index in [0.29, 0.717) is 16.1 Å². The van der Waals surface area contributed by atoms with Crippen LogP contribution in [0.5, 0.6) is 0 Å². The summed E-state index contributed by atoms with van der Waals surface area (Å²) >= 11 is 0. The number of benzene rings is 1. The van der Waals surface area contributed by atoms with Gasteiger partial charge in [-0.05, 0) is 30.7 Å². The number of halogens is 3. The fraction of sp³-hybridized carbons (Fsp3) is 0.400. The van der Waals surface area contributed by atoms with Crippen molar-refractivity contribution in [3.05, 3.63) is 23.8 Å². The molecule has 96 valence electrons. The van der Waals surface area contributed by atoms with Crippen LogP contribution in [-0.4, -0.2) is 22.9 Å². The van der Waals surface area contributed by atoms with Gasteiger partial charge in [0.05, 0.1) is 23.2 Å². The van der Waals surface area contributed by atoms with E-state index in [0.717, 1.165) is 0 Å². The van der Waals surface area contributed by atoms with Gasteiger partial charge in [-0.25, -0.2) is 0 Å². The number of aryl methyl sites for hydroxylation is 1. The molecule has 0 fully saturated rings. The molecule has 2 N–H and O–H groups in total. The van der Waals surface area contributed by atoms with Crippen molar-refractivity contribution in [3.63, 3.8) is 0 Å². The molecule has 0 heterocycles. The number of ether oxygens (including phenoxy) is 1. The molecule has 0 radical (unpaired) electrons. The van der Waals surface area contributed by atoms with Crippen LogP contribution >= 0.6 is 0 Å². The Kier molecular flexibility index (Phi) is 4.53. The minimum absolute atomic E-state index is 0.204. The summed E-state index contributed by atoms with van der Waals surface area (Å²) in [6, 6.07) is 4.73. The highest BCUT2D eigenvalue weighted by Gasteiger charge is 2.29. The van der Waals surface area contributed by atoms with Gasteiger partial charge in [-0.1, -0.05) is 0 Å². The molecule has 0 aromatic heterocycles. The van der Waals surface area contributed by atoms with E-state index in [9.17, 15) is 17.4 Å². The molecule has 0 aliphatic heterocycles. The van der Waals surface area contributed by atoms with E-state index >= 15 is 0 Å². The molecule has 3 nitrogen and oxygen atoms in total. The Hall–Kier alpha value is -1.08.